The summed E-state index contributed by atoms with van der Waals surface area (Å²) in [5.41, 5.74) is 7.74. The summed E-state index contributed by atoms with van der Waals surface area (Å²) >= 11 is 0. The van der Waals surface area contributed by atoms with Crippen molar-refractivity contribution in [3.05, 3.63) is 29.6 Å². The average Bonchev–Trinajstić information content (AvgIpc) is 2.43. The summed E-state index contributed by atoms with van der Waals surface area (Å²) in [5.74, 6) is -0.260. The number of anilines is 1. The highest BCUT2D eigenvalue weighted by atomic mass is 19.1. The van der Waals surface area contributed by atoms with Crippen LogP contribution in [-0.2, 0) is 9.47 Å². The zero-order valence-corrected chi connectivity index (χ0v) is 12.6. The topological polar surface area (TPSA) is 47.7 Å². The number of benzene rings is 1. The van der Waals surface area contributed by atoms with Crippen LogP contribution in [0.15, 0.2) is 18.2 Å². The van der Waals surface area contributed by atoms with E-state index in [0.29, 0.717) is 13.2 Å². The molecular weight excluding hydrogens is 259 g/mol. The van der Waals surface area contributed by atoms with Crippen LogP contribution >= 0.6 is 0 Å². The van der Waals surface area contributed by atoms with Crippen molar-refractivity contribution in [1.82, 2.24) is 0 Å². The Bertz CT molecular complexity index is 399. The van der Waals surface area contributed by atoms with E-state index in [1.807, 2.05) is 6.92 Å². The highest BCUT2D eigenvalue weighted by molar-refractivity contribution is 5.55. The lowest BCUT2D eigenvalue weighted by molar-refractivity contribution is 0.191. The van der Waals surface area contributed by atoms with E-state index in [4.69, 9.17) is 15.2 Å². The van der Waals surface area contributed by atoms with Gasteiger partial charge in [0.05, 0.1) is 6.61 Å². The molecule has 0 spiro atoms. The van der Waals surface area contributed by atoms with Crippen LogP contribution in [0.4, 0.5) is 10.1 Å². The number of hydrogen-bond donors (Lipinski definition) is 1. The number of nitrogens with two attached hydrogens (primary N) is 1. The molecule has 0 radical (unpaired) electrons. The van der Waals surface area contributed by atoms with Gasteiger partial charge in [0, 0.05) is 45.6 Å². The van der Waals surface area contributed by atoms with Gasteiger partial charge in [-0.25, -0.2) is 4.39 Å². The standard InChI is InChI=1S/C15H25FN2O2/c1-12(17)14-11-13(16)5-6-15(14)18(8-10-20-3)7-4-9-19-2/h5-6,11-12H,4,7-10,17H2,1-3H3/t12-/m1/s1. The monoisotopic (exact) mass is 284 g/mol. The molecule has 1 aromatic rings. The lowest BCUT2D eigenvalue weighted by Crippen LogP contribution is -2.30. The zero-order valence-electron chi connectivity index (χ0n) is 12.6. The Labute approximate surface area is 120 Å². The highest BCUT2D eigenvalue weighted by Crippen LogP contribution is 2.26. The van der Waals surface area contributed by atoms with Gasteiger partial charge in [0.15, 0.2) is 0 Å². The molecule has 0 fully saturated rings. The van der Waals surface area contributed by atoms with Crippen molar-refractivity contribution in [1.29, 1.82) is 0 Å². The smallest absolute Gasteiger partial charge is 0.123 e. The first-order valence-electron chi connectivity index (χ1n) is 6.88. The van der Waals surface area contributed by atoms with Gasteiger partial charge in [-0.15, -0.1) is 0 Å². The molecule has 0 bridgehead atoms. The van der Waals surface area contributed by atoms with Crippen LogP contribution < -0.4 is 10.6 Å². The van der Waals surface area contributed by atoms with E-state index in [2.05, 4.69) is 4.90 Å². The number of methoxy groups -OCH3 is 2. The van der Waals surface area contributed by atoms with E-state index in [0.717, 1.165) is 30.8 Å². The Morgan fingerprint density at radius 3 is 2.50 bits per heavy atom. The van der Waals surface area contributed by atoms with Gasteiger partial charge in [-0.1, -0.05) is 0 Å². The largest absolute Gasteiger partial charge is 0.385 e. The molecule has 0 aliphatic carbocycles. The van der Waals surface area contributed by atoms with Crippen LogP contribution in [0.3, 0.4) is 0 Å². The van der Waals surface area contributed by atoms with E-state index >= 15 is 0 Å². The lowest BCUT2D eigenvalue weighted by atomic mass is 10.1. The molecule has 0 aliphatic rings. The molecule has 0 saturated heterocycles. The molecule has 1 rings (SSSR count). The van der Waals surface area contributed by atoms with Gasteiger partial charge in [0.25, 0.3) is 0 Å². The van der Waals surface area contributed by atoms with Crippen LogP contribution in [0, 0.1) is 5.82 Å². The lowest BCUT2D eigenvalue weighted by Gasteiger charge is -2.28. The number of ether oxygens (including phenoxy) is 2. The summed E-state index contributed by atoms with van der Waals surface area (Å²) in [6.45, 7) is 4.73. The third-order valence-corrected chi connectivity index (χ3v) is 3.16. The average molecular weight is 284 g/mol. The zero-order chi connectivity index (χ0) is 15.0. The van der Waals surface area contributed by atoms with Gasteiger partial charge in [0.1, 0.15) is 5.82 Å². The van der Waals surface area contributed by atoms with Gasteiger partial charge in [-0.05, 0) is 37.1 Å². The van der Waals surface area contributed by atoms with Crippen molar-refractivity contribution in [2.45, 2.75) is 19.4 Å². The van der Waals surface area contributed by atoms with Crippen LogP contribution in [0.1, 0.15) is 24.9 Å². The molecule has 0 unspecified atom stereocenters. The molecule has 4 nitrogen and oxygen atoms in total. The summed E-state index contributed by atoms with van der Waals surface area (Å²) in [5, 5.41) is 0. The summed E-state index contributed by atoms with van der Waals surface area (Å²) in [6, 6.07) is 4.55. The summed E-state index contributed by atoms with van der Waals surface area (Å²) < 4.78 is 23.6. The van der Waals surface area contributed by atoms with Crippen molar-refractivity contribution in [3.63, 3.8) is 0 Å². The fraction of sp³-hybridized carbons (Fsp3) is 0.600. The maximum Gasteiger partial charge on any atom is 0.123 e. The van der Waals surface area contributed by atoms with Crippen LogP contribution in [0.2, 0.25) is 0 Å². The van der Waals surface area contributed by atoms with E-state index in [1.54, 1.807) is 20.3 Å². The van der Waals surface area contributed by atoms with Crippen LogP contribution in [-0.4, -0.2) is 40.5 Å². The molecule has 114 valence electrons. The van der Waals surface area contributed by atoms with Gasteiger partial charge in [0.2, 0.25) is 0 Å². The summed E-state index contributed by atoms with van der Waals surface area (Å²) in [7, 11) is 3.36. The number of nitrogens with zero attached hydrogens (tertiary/aromatic N) is 1. The predicted molar refractivity (Wildman–Crippen MR) is 79.6 cm³/mol. The predicted octanol–water partition coefficient (Wildman–Crippen LogP) is 2.33. The SMILES string of the molecule is COCCCN(CCOC)c1ccc(F)cc1[C@@H](C)N. The number of halogens is 1. The van der Waals surface area contributed by atoms with Crippen molar-refractivity contribution in [2.24, 2.45) is 5.73 Å². The summed E-state index contributed by atoms with van der Waals surface area (Å²) in [6.07, 6.45) is 0.899. The molecule has 2 N–H and O–H groups in total. The Kier molecular flexibility index (Phi) is 7.51. The van der Waals surface area contributed by atoms with E-state index < -0.39 is 0 Å². The van der Waals surface area contributed by atoms with Gasteiger partial charge in [-0.2, -0.15) is 0 Å². The first kappa shape index (κ1) is 16.9. The molecule has 0 aliphatic heterocycles. The Hall–Kier alpha value is -1.17. The van der Waals surface area contributed by atoms with Crippen LogP contribution in [0.25, 0.3) is 0 Å². The Morgan fingerprint density at radius 2 is 1.90 bits per heavy atom. The highest BCUT2D eigenvalue weighted by Gasteiger charge is 2.14. The van der Waals surface area contributed by atoms with Crippen molar-refractivity contribution in [3.8, 4) is 0 Å². The van der Waals surface area contributed by atoms with Gasteiger partial charge < -0.3 is 20.1 Å². The third-order valence-electron chi connectivity index (χ3n) is 3.16. The van der Waals surface area contributed by atoms with Crippen LogP contribution in [0.5, 0.6) is 0 Å². The third kappa shape index (κ3) is 5.07. The quantitative estimate of drug-likeness (QED) is 0.707. The van der Waals surface area contributed by atoms with E-state index in [1.165, 1.54) is 12.1 Å². The second-order valence-corrected chi connectivity index (χ2v) is 4.82. The maximum absolute atomic E-state index is 13.4. The maximum atomic E-state index is 13.4. The normalized spacial score (nSPS) is 12.4. The first-order valence-corrected chi connectivity index (χ1v) is 6.88. The molecule has 1 atom stereocenters. The van der Waals surface area contributed by atoms with Gasteiger partial charge >= 0.3 is 0 Å². The number of rotatable bonds is 9. The fourth-order valence-electron chi connectivity index (χ4n) is 2.13. The van der Waals surface area contributed by atoms with Crippen molar-refractivity contribution < 1.29 is 13.9 Å². The number of hydrogen-bond acceptors (Lipinski definition) is 4. The molecule has 0 saturated carbocycles. The molecule has 0 aromatic heterocycles. The Balaban J connectivity index is 2.92. The molecule has 5 heteroatoms. The van der Waals surface area contributed by atoms with Crippen molar-refractivity contribution >= 4 is 5.69 Å². The second kappa shape index (κ2) is 8.89. The van der Waals surface area contributed by atoms with Gasteiger partial charge in [-0.3, -0.25) is 0 Å². The molecule has 20 heavy (non-hydrogen) atoms. The van der Waals surface area contributed by atoms with E-state index in [-0.39, 0.29) is 11.9 Å². The molecule has 1 aromatic carbocycles. The van der Waals surface area contributed by atoms with E-state index in [9.17, 15) is 4.39 Å². The minimum atomic E-state index is -0.260. The molecule has 0 heterocycles. The second-order valence-electron chi connectivity index (χ2n) is 4.82. The first-order chi connectivity index (χ1) is 9.60. The van der Waals surface area contributed by atoms with Crippen molar-refractivity contribution in [2.75, 3.05) is 45.4 Å². The minimum absolute atomic E-state index is 0.215. The summed E-state index contributed by atoms with van der Waals surface area (Å²) in [4.78, 5) is 2.17. The minimum Gasteiger partial charge on any atom is -0.385 e. The fourth-order valence-corrected chi connectivity index (χ4v) is 2.13. The molecule has 0 amide bonds. The molecular formula is C15H25FN2O2. The Morgan fingerprint density at radius 1 is 1.20 bits per heavy atom.